The quantitative estimate of drug-likeness (QED) is 0.628. The first-order valence-corrected chi connectivity index (χ1v) is 10.5. The highest BCUT2D eigenvalue weighted by Gasteiger charge is 2.41. The number of quaternary nitrogens is 1. The Balaban J connectivity index is 1.97. The summed E-state index contributed by atoms with van der Waals surface area (Å²) >= 11 is 0. The van der Waals surface area contributed by atoms with Gasteiger partial charge in [-0.15, -0.1) is 0 Å². The van der Waals surface area contributed by atoms with E-state index in [2.05, 4.69) is 68.6 Å². The number of rotatable bonds is 5. The molecule has 0 aromatic heterocycles. The molecule has 0 N–H and O–H groups in total. The molecule has 1 saturated heterocycles. The number of benzene rings is 2. The first-order valence-electron chi connectivity index (χ1n) is 10.5. The Hall–Kier alpha value is -2.11. The summed E-state index contributed by atoms with van der Waals surface area (Å²) in [7, 11) is 2.41. The molecule has 1 aliphatic heterocycles. The summed E-state index contributed by atoms with van der Waals surface area (Å²) in [6.07, 6.45) is 7.54. The molecule has 2 heteroatoms. The summed E-state index contributed by atoms with van der Waals surface area (Å²) in [4.78, 5) is 0. The molecule has 0 aliphatic carbocycles. The van der Waals surface area contributed by atoms with Crippen molar-refractivity contribution in [3.05, 3.63) is 71.8 Å². The number of likely N-dealkylation sites (tertiary alicyclic amines) is 1. The van der Waals surface area contributed by atoms with Crippen LogP contribution in [0.5, 0.6) is 0 Å². The molecule has 0 bridgehead atoms. The van der Waals surface area contributed by atoms with Gasteiger partial charge < -0.3 is 4.48 Å². The molecule has 1 heterocycles. The first kappa shape index (κ1) is 19.6. The Kier molecular flexibility index (Phi) is 6.34. The molecule has 0 saturated carbocycles. The van der Waals surface area contributed by atoms with Crippen molar-refractivity contribution in [2.45, 2.75) is 56.9 Å². The van der Waals surface area contributed by atoms with Crippen LogP contribution in [0, 0.1) is 11.3 Å². The number of hydrogen-bond donors (Lipinski definition) is 0. The van der Waals surface area contributed by atoms with Gasteiger partial charge in [-0.2, -0.15) is 5.26 Å². The fourth-order valence-corrected chi connectivity index (χ4v) is 4.71. The summed E-state index contributed by atoms with van der Waals surface area (Å²) in [5.74, 6) is 0. The lowest BCUT2D eigenvalue weighted by Crippen LogP contribution is -2.54. The summed E-state index contributed by atoms with van der Waals surface area (Å²) in [5, 5.41) is 10.5. The van der Waals surface area contributed by atoms with E-state index in [1.807, 2.05) is 12.1 Å². The van der Waals surface area contributed by atoms with Crippen LogP contribution in [0.1, 0.15) is 56.6 Å². The molecule has 0 unspecified atom stereocenters. The van der Waals surface area contributed by atoms with Crippen molar-refractivity contribution in [2.75, 3.05) is 20.1 Å². The van der Waals surface area contributed by atoms with Gasteiger partial charge in [-0.25, -0.2) is 0 Å². The summed E-state index contributed by atoms with van der Waals surface area (Å²) in [6.45, 7) is 4.82. The van der Waals surface area contributed by atoms with Crippen molar-refractivity contribution in [1.82, 2.24) is 0 Å². The SMILES string of the molecule is C[C@H](CC(C#N)(c1ccccc1)c1ccccc1)[N+]1(C)CCCCCCC1. The monoisotopic (exact) mass is 361 g/mol. The van der Waals surface area contributed by atoms with Gasteiger partial charge in [0.1, 0.15) is 5.41 Å². The van der Waals surface area contributed by atoms with Crippen molar-refractivity contribution in [1.29, 1.82) is 5.26 Å². The lowest BCUT2D eigenvalue weighted by Gasteiger charge is -2.44. The summed E-state index contributed by atoms with van der Waals surface area (Å²) in [5.41, 5.74) is 1.64. The standard InChI is InChI=1S/C25H33N2/c1-22(27(2)18-12-4-3-5-13-19-27)20-25(21-26,23-14-8-6-9-15-23)24-16-10-7-11-17-24/h6-11,14-17,22H,3-5,12-13,18-20H2,1-2H3/q+1/t22-/m1/s1. The maximum Gasteiger partial charge on any atom is 0.113 e. The minimum atomic E-state index is -0.592. The predicted octanol–water partition coefficient (Wildman–Crippen LogP) is 5.69. The molecular formula is C25H33N2+. The van der Waals surface area contributed by atoms with Gasteiger partial charge in [0, 0.05) is 6.42 Å². The Bertz CT molecular complexity index is 697. The Morgan fingerprint density at radius 3 is 1.74 bits per heavy atom. The van der Waals surface area contributed by atoms with E-state index < -0.39 is 5.41 Å². The van der Waals surface area contributed by atoms with Crippen LogP contribution in [0.15, 0.2) is 60.7 Å². The maximum atomic E-state index is 10.5. The van der Waals surface area contributed by atoms with Crippen molar-refractivity contribution >= 4 is 0 Å². The lowest BCUT2D eigenvalue weighted by atomic mass is 9.71. The highest BCUT2D eigenvalue weighted by Crippen LogP contribution is 2.38. The summed E-state index contributed by atoms with van der Waals surface area (Å²) in [6, 6.07) is 24.0. The first-order chi connectivity index (χ1) is 13.1. The zero-order valence-electron chi connectivity index (χ0n) is 16.9. The molecule has 0 radical (unpaired) electrons. The van der Waals surface area contributed by atoms with Crippen LogP contribution in [0.25, 0.3) is 0 Å². The third-order valence-corrected chi connectivity index (χ3v) is 6.73. The number of hydrogen-bond acceptors (Lipinski definition) is 1. The van der Waals surface area contributed by atoms with Crippen LogP contribution in [-0.2, 0) is 5.41 Å². The predicted molar refractivity (Wildman–Crippen MR) is 112 cm³/mol. The molecule has 2 nitrogen and oxygen atoms in total. The lowest BCUT2D eigenvalue weighted by molar-refractivity contribution is -0.933. The normalized spacial score (nSPS) is 18.7. The molecule has 1 aliphatic rings. The van der Waals surface area contributed by atoms with Crippen LogP contribution in [0.2, 0.25) is 0 Å². The maximum absolute atomic E-state index is 10.5. The summed E-state index contributed by atoms with van der Waals surface area (Å²) < 4.78 is 1.09. The fraction of sp³-hybridized carbons (Fsp3) is 0.480. The molecule has 3 rings (SSSR count). The second-order valence-electron chi connectivity index (χ2n) is 8.50. The van der Waals surface area contributed by atoms with E-state index in [-0.39, 0.29) is 0 Å². The average Bonchev–Trinajstić information content (AvgIpc) is 2.70. The van der Waals surface area contributed by atoms with Gasteiger partial charge in [-0.3, -0.25) is 0 Å². The minimum absolute atomic E-state index is 0.433. The van der Waals surface area contributed by atoms with Crippen LogP contribution < -0.4 is 0 Å². The minimum Gasteiger partial charge on any atom is -0.324 e. The second kappa shape index (κ2) is 8.72. The topological polar surface area (TPSA) is 23.8 Å². The second-order valence-corrected chi connectivity index (χ2v) is 8.50. The molecule has 0 spiro atoms. The van der Waals surface area contributed by atoms with Crippen LogP contribution in [0.4, 0.5) is 0 Å². The van der Waals surface area contributed by atoms with E-state index in [9.17, 15) is 5.26 Å². The molecule has 27 heavy (non-hydrogen) atoms. The number of nitriles is 1. The molecule has 0 amide bonds. The van der Waals surface area contributed by atoms with E-state index in [1.54, 1.807) is 0 Å². The van der Waals surface area contributed by atoms with Gasteiger partial charge in [0.25, 0.3) is 0 Å². The Morgan fingerprint density at radius 2 is 1.30 bits per heavy atom. The smallest absolute Gasteiger partial charge is 0.113 e. The number of nitrogens with zero attached hydrogens (tertiary/aromatic N) is 2. The van der Waals surface area contributed by atoms with Crippen molar-refractivity contribution in [2.24, 2.45) is 0 Å². The average molecular weight is 362 g/mol. The highest BCUT2D eigenvalue weighted by molar-refractivity contribution is 5.45. The van der Waals surface area contributed by atoms with Gasteiger partial charge >= 0.3 is 0 Å². The van der Waals surface area contributed by atoms with Gasteiger partial charge in [-0.05, 0) is 43.7 Å². The van der Waals surface area contributed by atoms with Gasteiger partial charge in [0.2, 0.25) is 0 Å². The highest BCUT2D eigenvalue weighted by atomic mass is 15.3. The van der Waals surface area contributed by atoms with Crippen LogP contribution >= 0.6 is 0 Å². The fourth-order valence-electron chi connectivity index (χ4n) is 4.71. The van der Waals surface area contributed by atoms with E-state index >= 15 is 0 Å². The molecule has 1 atom stereocenters. The molecule has 2 aromatic rings. The van der Waals surface area contributed by atoms with Crippen molar-refractivity contribution in [3.63, 3.8) is 0 Å². The van der Waals surface area contributed by atoms with E-state index in [0.717, 1.165) is 22.0 Å². The van der Waals surface area contributed by atoms with E-state index in [0.29, 0.717) is 6.04 Å². The Labute approximate surface area is 165 Å². The van der Waals surface area contributed by atoms with E-state index in [1.165, 1.54) is 45.2 Å². The molecule has 2 aromatic carbocycles. The third-order valence-electron chi connectivity index (χ3n) is 6.73. The van der Waals surface area contributed by atoms with Crippen molar-refractivity contribution in [3.8, 4) is 6.07 Å². The molecular weight excluding hydrogens is 328 g/mol. The zero-order valence-corrected chi connectivity index (χ0v) is 16.9. The van der Waals surface area contributed by atoms with Crippen LogP contribution in [0.3, 0.4) is 0 Å². The van der Waals surface area contributed by atoms with Crippen LogP contribution in [-0.4, -0.2) is 30.7 Å². The van der Waals surface area contributed by atoms with Gasteiger partial charge in [0.15, 0.2) is 0 Å². The van der Waals surface area contributed by atoms with Gasteiger partial charge in [-0.1, -0.05) is 67.1 Å². The third kappa shape index (κ3) is 4.25. The Morgan fingerprint density at radius 1 is 0.852 bits per heavy atom. The molecule has 1 fully saturated rings. The largest absolute Gasteiger partial charge is 0.324 e. The van der Waals surface area contributed by atoms with E-state index in [4.69, 9.17) is 0 Å². The van der Waals surface area contributed by atoms with Gasteiger partial charge in [0.05, 0.1) is 32.2 Å². The zero-order chi connectivity index (χ0) is 19.2. The molecule has 142 valence electrons. The van der Waals surface area contributed by atoms with Crippen molar-refractivity contribution < 1.29 is 4.48 Å².